The Morgan fingerprint density at radius 1 is 1.17 bits per heavy atom. The molecule has 7 atom stereocenters. The van der Waals surface area contributed by atoms with Crippen molar-refractivity contribution in [3.05, 3.63) is 71.9 Å². The Labute approximate surface area is 211 Å². The fourth-order valence-corrected chi connectivity index (χ4v) is 4.79. The number of cyclic esters (lactones) is 1. The molecule has 2 rings (SSSR count). The highest BCUT2D eigenvalue weighted by Gasteiger charge is 2.34. The summed E-state index contributed by atoms with van der Waals surface area (Å²) in [6.07, 6.45) is 20.9. The number of hydrogen-bond acceptors (Lipinski definition) is 4. The maximum Gasteiger partial charge on any atom is 0.331 e. The fourth-order valence-electron chi connectivity index (χ4n) is 4.79. The smallest absolute Gasteiger partial charge is 0.331 e. The lowest BCUT2D eigenvalue weighted by Crippen LogP contribution is -2.49. The molecule has 0 saturated heterocycles. The lowest BCUT2D eigenvalue weighted by molar-refractivity contribution is -0.151. The number of ether oxygens (including phenoxy) is 1. The van der Waals surface area contributed by atoms with Gasteiger partial charge in [0.1, 0.15) is 6.10 Å². The summed E-state index contributed by atoms with van der Waals surface area (Å²) < 4.78 is 5.74. The Morgan fingerprint density at radius 2 is 1.89 bits per heavy atom. The van der Waals surface area contributed by atoms with E-state index in [4.69, 9.17) is 4.74 Å². The fraction of sp³-hybridized carbons (Fsp3) is 0.533. The molecule has 192 valence electrons. The minimum atomic E-state index is -0.763. The molecule has 0 radical (unpaired) electrons. The van der Waals surface area contributed by atoms with Crippen LogP contribution in [0.4, 0.5) is 0 Å². The van der Waals surface area contributed by atoms with E-state index >= 15 is 0 Å². The SMILES string of the molecule is CC(=O)N[C@H](C)[C@H]1OC(=O)/C=C/C=C(C)\C=C\[C@]2(C)CCC=C[C@@H]2/C=C(C)/C=C/[C@@H](C)[C@@H](O)[C@@H]1C. The highest BCUT2D eigenvalue weighted by molar-refractivity contribution is 5.82. The van der Waals surface area contributed by atoms with Crippen molar-refractivity contribution in [2.24, 2.45) is 23.2 Å². The predicted molar refractivity (Wildman–Crippen MR) is 142 cm³/mol. The molecule has 0 bridgehead atoms. The van der Waals surface area contributed by atoms with Crippen LogP contribution in [0.2, 0.25) is 0 Å². The van der Waals surface area contributed by atoms with Crippen LogP contribution < -0.4 is 5.32 Å². The van der Waals surface area contributed by atoms with E-state index in [0.29, 0.717) is 0 Å². The quantitative estimate of drug-likeness (QED) is 0.397. The number of carbonyl (C=O) groups excluding carboxylic acids is 2. The van der Waals surface area contributed by atoms with Crippen molar-refractivity contribution in [1.29, 1.82) is 0 Å². The molecular weight excluding hydrogens is 438 g/mol. The van der Waals surface area contributed by atoms with Gasteiger partial charge in [-0.1, -0.05) is 86.6 Å². The van der Waals surface area contributed by atoms with Gasteiger partial charge in [-0.15, -0.1) is 0 Å². The van der Waals surface area contributed by atoms with Gasteiger partial charge in [-0.2, -0.15) is 0 Å². The van der Waals surface area contributed by atoms with Crippen LogP contribution in [-0.4, -0.2) is 35.2 Å². The highest BCUT2D eigenvalue weighted by atomic mass is 16.5. The molecule has 1 aliphatic carbocycles. The Hall–Kier alpha value is -2.66. The lowest BCUT2D eigenvalue weighted by atomic mass is 9.69. The first-order valence-electron chi connectivity index (χ1n) is 12.7. The second-order valence-electron chi connectivity index (χ2n) is 10.5. The van der Waals surface area contributed by atoms with Crippen LogP contribution in [0.25, 0.3) is 0 Å². The average molecular weight is 482 g/mol. The van der Waals surface area contributed by atoms with Crippen molar-refractivity contribution in [2.45, 2.75) is 79.6 Å². The van der Waals surface area contributed by atoms with Crippen LogP contribution in [-0.2, 0) is 14.3 Å². The van der Waals surface area contributed by atoms with Gasteiger partial charge < -0.3 is 15.2 Å². The van der Waals surface area contributed by atoms with E-state index in [1.165, 1.54) is 13.0 Å². The van der Waals surface area contributed by atoms with Crippen molar-refractivity contribution < 1.29 is 19.4 Å². The number of aliphatic hydroxyl groups is 1. The third-order valence-corrected chi connectivity index (χ3v) is 7.15. The Bertz CT molecular complexity index is 938. The van der Waals surface area contributed by atoms with Gasteiger partial charge in [-0.05, 0) is 39.0 Å². The molecule has 0 aromatic heterocycles. The number of rotatable bonds is 2. The Morgan fingerprint density at radius 3 is 2.57 bits per heavy atom. The van der Waals surface area contributed by atoms with Crippen molar-refractivity contribution in [3.63, 3.8) is 0 Å². The summed E-state index contributed by atoms with van der Waals surface area (Å²) in [5.41, 5.74) is 2.17. The van der Waals surface area contributed by atoms with Crippen LogP contribution in [0, 0.1) is 23.2 Å². The number of nitrogens with one attached hydrogen (secondary N) is 1. The third-order valence-electron chi connectivity index (χ3n) is 7.15. The molecule has 1 heterocycles. The normalized spacial score (nSPS) is 39.2. The number of allylic oxidation sites excluding steroid dienone is 10. The largest absolute Gasteiger partial charge is 0.457 e. The number of fused-ring (bicyclic) bond motifs is 1. The van der Waals surface area contributed by atoms with Crippen molar-refractivity contribution in [2.75, 3.05) is 0 Å². The molecule has 1 amide bonds. The van der Waals surface area contributed by atoms with Gasteiger partial charge in [0, 0.05) is 30.8 Å². The van der Waals surface area contributed by atoms with E-state index in [9.17, 15) is 14.7 Å². The standard InChI is InChI=1S/C30H43NO4/c1-20-11-10-13-27(33)35-29(24(5)31-25(6)32)23(4)28(34)22(3)15-14-21(2)19-26-12-8-9-17-30(26,7)18-16-20/h8,10-16,18-19,22-24,26,28-29,34H,9,17H2,1-7H3,(H,31,32)/b13-10+,15-14+,18-16+,20-11-,21-19+/t22-,23+,24-,26-,28-,29+,30+/m1/s1. The molecule has 5 nitrogen and oxygen atoms in total. The molecule has 0 saturated carbocycles. The maximum absolute atomic E-state index is 12.6. The molecule has 2 N–H and O–H groups in total. The van der Waals surface area contributed by atoms with Gasteiger partial charge >= 0.3 is 5.97 Å². The molecule has 35 heavy (non-hydrogen) atoms. The second kappa shape index (κ2) is 12.9. The summed E-state index contributed by atoms with van der Waals surface area (Å²) in [5, 5.41) is 13.9. The van der Waals surface area contributed by atoms with Crippen LogP contribution in [0.3, 0.4) is 0 Å². The van der Waals surface area contributed by atoms with E-state index < -0.39 is 30.1 Å². The van der Waals surface area contributed by atoms with E-state index in [-0.39, 0.29) is 23.2 Å². The highest BCUT2D eigenvalue weighted by Crippen LogP contribution is 2.40. The maximum atomic E-state index is 12.6. The van der Waals surface area contributed by atoms with Crippen LogP contribution in [0.5, 0.6) is 0 Å². The van der Waals surface area contributed by atoms with Gasteiger partial charge in [0.2, 0.25) is 5.91 Å². The third kappa shape index (κ3) is 8.50. The zero-order valence-corrected chi connectivity index (χ0v) is 22.3. The summed E-state index contributed by atoms with van der Waals surface area (Å²) >= 11 is 0. The zero-order chi connectivity index (χ0) is 26.2. The number of aliphatic hydroxyl groups excluding tert-OH is 1. The molecule has 1 aliphatic heterocycles. The van der Waals surface area contributed by atoms with Crippen LogP contribution >= 0.6 is 0 Å². The van der Waals surface area contributed by atoms with Gasteiger partial charge in [0.25, 0.3) is 0 Å². The summed E-state index contributed by atoms with van der Waals surface area (Å²) in [5.74, 6) is -1.02. The van der Waals surface area contributed by atoms with Gasteiger partial charge in [-0.3, -0.25) is 4.79 Å². The molecule has 2 aliphatic rings. The van der Waals surface area contributed by atoms with Crippen molar-refractivity contribution in [1.82, 2.24) is 5.32 Å². The van der Waals surface area contributed by atoms with Crippen molar-refractivity contribution in [3.8, 4) is 0 Å². The number of hydrogen-bond donors (Lipinski definition) is 2. The molecule has 0 unspecified atom stereocenters. The number of esters is 1. The first-order chi connectivity index (χ1) is 16.4. The van der Waals surface area contributed by atoms with Crippen molar-refractivity contribution >= 4 is 11.9 Å². The van der Waals surface area contributed by atoms with E-state index in [2.05, 4.69) is 55.6 Å². The Balaban J connectivity index is 2.46. The molecule has 0 aromatic rings. The monoisotopic (exact) mass is 481 g/mol. The average Bonchev–Trinajstić information content (AvgIpc) is 2.79. The van der Waals surface area contributed by atoms with E-state index in [1.807, 2.05) is 32.9 Å². The Kier molecular flexibility index (Phi) is 10.5. The number of carbonyl (C=O) groups is 2. The lowest BCUT2D eigenvalue weighted by Gasteiger charge is -2.35. The first kappa shape index (κ1) is 28.6. The van der Waals surface area contributed by atoms with Gasteiger partial charge in [-0.25, -0.2) is 4.79 Å². The minimum Gasteiger partial charge on any atom is -0.457 e. The minimum absolute atomic E-state index is 0.000250. The van der Waals surface area contributed by atoms with Gasteiger partial charge in [0.05, 0.1) is 12.1 Å². The van der Waals surface area contributed by atoms with Gasteiger partial charge in [0.15, 0.2) is 0 Å². The summed E-state index contributed by atoms with van der Waals surface area (Å²) in [6, 6.07) is -0.450. The number of amides is 1. The molecule has 0 spiro atoms. The van der Waals surface area contributed by atoms with E-state index in [1.54, 1.807) is 13.0 Å². The summed E-state index contributed by atoms with van der Waals surface area (Å²) in [7, 11) is 0. The topological polar surface area (TPSA) is 75.6 Å². The molecule has 0 aromatic carbocycles. The second-order valence-corrected chi connectivity index (χ2v) is 10.5. The zero-order valence-electron chi connectivity index (χ0n) is 22.3. The first-order valence-corrected chi connectivity index (χ1v) is 12.7. The molecule has 0 fully saturated rings. The summed E-state index contributed by atoms with van der Waals surface area (Å²) in [4.78, 5) is 24.3. The molecular formula is C30H43NO4. The predicted octanol–water partition coefficient (Wildman–Crippen LogP) is 5.60. The van der Waals surface area contributed by atoms with Crippen LogP contribution in [0.1, 0.15) is 61.3 Å². The van der Waals surface area contributed by atoms with Crippen LogP contribution in [0.15, 0.2) is 71.9 Å². The summed E-state index contributed by atoms with van der Waals surface area (Å²) in [6.45, 7) is 13.4. The molecule has 5 heteroatoms. The van der Waals surface area contributed by atoms with E-state index in [0.717, 1.165) is 24.0 Å².